The van der Waals surface area contributed by atoms with Crippen molar-refractivity contribution in [1.82, 2.24) is 4.98 Å². The lowest BCUT2D eigenvalue weighted by Crippen LogP contribution is -2.60. The summed E-state index contributed by atoms with van der Waals surface area (Å²) in [6, 6.07) is 5.16. The molecule has 2 aromatic rings. The fraction of sp³-hybridized carbons (Fsp3) is 0.429. The van der Waals surface area contributed by atoms with E-state index in [-0.39, 0.29) is 0 Å². The monoisotopic (exact) mass is 329 g/mol. The molecule has 22 heavy (non-hydrogen) atoms. The van der Waals surface area contributed by atoms with Gasteiger partial charge in [0.2, 0.25) is 6.29 Å². The third kappa shape index (κ3) is 2.67. The molecule has 5 N–H and O–H groups in total. The molecule has 0 aliphatic carbocycles. The SMILES string of the molecule is OC[C@@H]1O[C@@H](Oc2c[nH]c3cc(Cl)ccc23)[C@@H](O)[C@H](O)[C@H]1O. The highest BCUT2D eigenvalue weighted by Crippen LogP contribution is 2.31. The minimum absolute atomic E-state index is 0.399. The van der Waals surface area contributed by atoms with Crippen LogP contribution in [0.4, 0.5) is 0 Å². The Balaban J connectivity index is 1.84. The van der Waals surface area contributed by atoms with Gasteiger partial charge in [-0.1, -0.05) is 11.6 Å². The summed E-state index contributed by atoms with van der Waals surface area (Å²) in [7, 11) is 0. The van der Waals surface area contributed by atoms with E-state index < -0.39 is 37.3 Å². The third-order valence-electron chi connectivity index (χ3n) is 3.70. The smallest absolute Gasteiger partial charge is 0.229 e. The molecule has 120 valence electrons. The molecule has 0 saturated carbocycles. The highest BCUT2D eigenvalue weighted by Gasteiger charge is 2.44. The van der Waals surface area contributed by atoms with Gasteiger partial charge in [-0.25, -0.2) is 0 Å². The van der Waals surface area contributed by atoms with Crippen LogP contribution < -0.4 is 4.74 Å². The predicted molar refractivity (Wildman–Crippen MR) is 77.7 cm³/mol. The van der Waals surface area contributed by atoms with Crippen molar-refractivity contribution in [3.05, 3.63) is 29.4 Å². The zero-order chi connectivity index (χ0) is 15.9. The first-order chi connectivity index (χ1) is 10.5. The quantitative estimate of drug-likeness (QED) is 0.541. The van der Waals surface area contributed by atoms with Crippen LogP contribution in [-0.4, -0.2) is 62.7 Å². The van der Waals surface area contributed by atoms with Gasteiger partial charge >= 0.3 is 0 Å². The predicted octanol–water partition coefficient (Wildman–Crippen LogP) is -0.000000000000000278. The maximum Gasteiger partial charge on any atom is 0.229 e. The highest BCUT2D eigenvalue weighted by molar-refractivity contribution is 6.31. The van der Waals surface area contributed by atoms with E-state index in [1.54, 1.807) is 24.4 Å². The second kappa shape index (κ2) is 6.04. The van der Waals surface area contributed by atoms with Gasteiger partial charge in [0.25, 0.3) is 0 Å². The molecule has 0 spiro atoms. The van der Waals surface area contributed by atoms with E-state index in [4.69, 9.17) is 26.2 Å². The number of aromatic amines is 1. The standard InChI is InChI=1S/C14H16ClNO6/c15-6-1-2-7-8(3-6)16-4-9(7)21-14-13(20)12(19)11(18)10(5-17)22-14/h1-4,10-14,16-20H,5H2/t10-,11-,12+,13-,14+/m0/s1. The van der Waals surface area contributed by atoms with Gasteiger partial charge in [0, 0.05) is 16.6 Å². The van der Waals surface area contributed by atoms with Crippen molar-refractivity contribution in [2.75, 3.05) is 6.61 Å². The fourth-order valence-corrected chi connectivity index (χ4v) is 2.63. The van der Waals surface area contributed by atoms with Crippen molar-refractivity contribution in [1.29, 1.82) is 0 Å². The molecule has 0 radical (unpaired) electrons. The number of halogens is 1. The molecular formula is C14H16ClNO6. The molecule has 1 aliphatic heterocycles. The van der Waals surface area contributed by atoms with Gasteiger partial charge in [0.15, 0.2) is 0 Å². The van der Waals surface area contributed by atoms with Crippen LogP contribution >= 0.6 is 11.6 Å². The molecule has 5 atom stereocenters. The van der Waals surface area contributed by atoms with E-state index in [0.717, 1.165) is 10.9 Å². The first kappa shape index (κ1) is 15.5. The van der Waals surface area contributed by atoms with Crippen LogP contribution in [0.5, 0.6) is 5.75 Å². The largest absolute Gasteiger partial charge is 0.460 e. The van der Waals surface area contributed by atoms with Crippen LogP contribution in [0.1, 0.15) is 0 Å². The van der Waals surface area contributed by atoms with Crippen molar-refractivity contribution >= 4 is 22.5 Å². The Morgan fingerprint density at radius 3 is 2.68 bits per heavy atom. The average Bonchev–Trinajstić information content (AvgIpc) is 2.90. The number of fused-ring (bicyclic) bond motifs is 1. The molecule has 1 saturated heterocycles. The van der Waals surface area contributed by atoms with Crippen LogP contribution in [0, 0.1) is 0 Å². The molecule has 3 rings (SSSR count). The zero-order valence-electron chi connectivity index (χ0n) is 11.4. The number of aliphatic hydroxyl groups excluding tert-OH is 4. The van der Waals surface area contributed by atoms with E-state index in [9.17, 15) is 15.3 Å². The first-order valence-electron chi connectivity index (χ1n) is 6.75. The molecule has 0 unspecified atom stereocenters. The number of aromatic nitrogens is 1. The number of rotatable bonds is 3. The third-order valence-corrected chi connectivity index (χ3v) is 3.93. The number of hydrogen-bond donors (Lipinski definition) is 5. The summed E-state index contributed by atoms with van der Waals surface area (Å²) in [5, 5.41) is 39.9. The first-order valence-corrected chi connectivity index (χ1v) is 7.13. The number of aliphatic hydroxyl groups is 4. The summed E-state index contributed by atoms with van der Waals surface area (Å²) in [6.45, 7) is -0.506. The van der Waals surface area contributed by atoms with Gasteiger partial charge in [-0.3, -0.25) is 0 Å². The van der Waals surface area contributed by atoms with E-state index >= 15 is 0 Å². The summed E-state index contributed by atoms with van der Waals surface area (Å²) in [5.41, 5.74) is 0.743. The van der Waals surface area contributed by atoms with E-state index in [1.165, 1.54) is 0 Å². The topological polar surface area (TPSA) is 115 Å². The van der Waals surface area contributed by atoms with Gasteiger partial charge in [0.1, 0.15) is 30.2 Å². The molecule has 1 aliphatic rings. The van der Waals surface area contributed by atoms with Crippen LogP contribution in [0.3, 0.4) is 0 Å². The van der Waals surface area contributed by atoms with E-state index in [2.05, 4.69) is 4.98 Å². The normalized spacial score (nSPS) is 32.3. The second-order valence-corrected chi connectivity index (χ2v) is 5.59. The van der Waals surface area contributed by atoms with Crippen molar-refractivity contribution in [3.63, 3.8) is 0 Å². The van der Waals surface area contributed by atoms with E-state index in [1.807, 2.05) is 0 Å². The van der Waals surface area contributed by atoms with Gasteiger partial charge in [-0.05, 0) is 18.2 Å². The number of hydrogen-bond acceptors (Lipinski definition) is 6. The van der Waals surface area contributed by atoms with Gasteiger partial charge < -0.3 is 34.9 Å². The zero-order valence-corrected chi connectivity index (χ0v) is 12.1. The van der Waals surface area contributed by atoms with Crippen molar-refractivity contribution in [3.8, 4) is 5.75 Å². The summed E-state index contributed by atoms with van der Waals surface area (Å²) in [4.78, 5) is 2.97. The minimum atomic E-state index is -1.48. The van der Waals surface area contributed by atoms with E-state index in [0.29, 0.717) is 10.8 Å². The number of nitrogens with one attached hydrogen (secondary N) is 1. The van der Waals surface area contributed by atoms with Crippen LogP contribution in [0.2, 0.25) is 5.02 Å². The molecule has 1 aromatic carbocycles. The molecule has 7 nitrogen and oxygen atoms in total. The van der Waals surface area contributed by atoms with Gasteiger partial charge in [0.05, 0.1) is 12.1 Å². The lowest BCUT2D eigenvalue weighted by molar-refractivity contribution is -0.277. The minimum Gasteiger partial charge on any atom is -0.460 e. The van der Waals surface area contributed by atoms with Crippen molar-refractivity contribution in [2.24, 2.45) is 0 Å². The summed E-state index contributed by atoms with van der Waals surface area (Å²) in [5.74, 6) is 0.399. The van der Waals surface area contributed by atoms with Crippen LogP contribution in [0.25, 0.3) is 10.9 Å². The number of benzene rings is 1. The molecule has 0 bridgehead atoms. The second-order valence-electron chi connectivity index (χ2n) is 5.16. The summed E-state index contributed by atoms with van der Waals surface area (Å²) in [6.07, 6.45) is -5.00. The Bertz CT molecular complexity index is 660. The molecule has 8 heteroatoms. The summed E-state index contributed by atoms with van der Waals surface area (Å²) >= 11 is 5.90. The molecule has 1 fully saturated rings. The fourth-order valence-electron chi connectivity index (χ4n) is 2.46. The molecule has 2 heterocycles. The number of H-pyrrole nitrogens is 1. The Morgan fingerprint density at radius 2 is 1.95 bits per heavy atom. The van der Waals surface area contributed by atoms with Crippen LogP contribution in [0.15, 0.2) is 24.4 Å². The Labute approximate surface area is 130 Å². The number of ether oxygens (including phenoxy) is 2. The lowest BCUT2D eigenvalue weighted by atomic mass is 9.99. The maximum atomic E-state index is 9.96. The van der Waals surface area contributed by atoms with Crippen molar-refractivity contribution < 1.29 is 29.9 Å². The Morgan fingerprint density at radius 1 is 1.18 bits per heavy atom. The molecular weight excluding hydrogens is 314 g/mol. The van der Waals surface area contributed by atoms with Gasteiger partial charge in [-0.2, -0.15) is 0 Å². The summed E-state index contributed by atoms with van der Waals surface area (Å²) < 4.78 is 10.9. The van der Waals surface area contributed by atoms with Crippen LogP contribution in [-0.2, 0) is 4.74 Å². The highest BCUT2D eigenvalue weighted by atomic mass is 35.5. The average molecular weight is 330 g/mol. The van der Waals surface area contributed by atoms with Gasteiger partial charge in [-0.15, -0.1) is 0 Å². The maximum absolute atomic E-state index is 9.96. The van der Waals surface area contributed by atoms with Crippen molar-refractivity contribution in [2.45, 2.75) is 30.7 Å². The molecule has 0 amide bonds. The molecule has 1 aromatic heterocycles. The Hall–Kier alpha value is -1.35. The lowest BCUT2D eigenvalue weighted by Gasteiger charge is -2.39. The Kier molecular flexibility index (Phi) is 4.26.